The number of carbonyl (C=O) groups is 1. The molecule has 4 nitrogen and oxygen atoms in total. The van der Waals surface area contributed by atoms with Crippen molar-refractivity contribution in [1.82, 2.24) is 4.98 Å². The van der Waals surface area contributed by atoms with Crippen molar-refractivity contribution in [2.75, 3.05) is 16.8 Å². The van der Waals surface area contributed by atoms with Crippen molar-refractivity contribution >= 4 is 39.7 Å². The lowest BCUT2D eigenvalue weighted by molar-refractivity contribution is -0.116. The predicted molar refractivity (Wildman–Crippen MR) is 84.6 cm³/mol. The highest BCUT2D eigenvalue weighted by Gasteiger charge is 2.13. The summed E-state index contributed by atoms with van der Waals surface area (Å²) in [6.07, 6.45) is 0. The molecule has 6 heteroatoms. The number of aromatic nitrogens is 1. The Morgan fingerprint density at radius 1 is 1.45 bits per heavy atom. The topological polar surface area (TPSA) is 45.2 Å². The van der Waals surface area contributed by atoms with Gasteiger partial charge in [0, 0.05) is 18.8 Å². The summed E-state index contributed by atoms with van der Waals surface area (Å²) in [6, 6.07) is 7.57. The van der Waals surface area contributed by atoms with Gasteiger partial charge in [0.05, 0.1) is 22.9 Å². The lowest BCUT2D eigenvalue weighted by Crippen LogP contribution is -2.27. The van der Waals surface area contributed by atoms with Gasteiger partial charge in [0.15, 0.2) is 5.13 Å². The van der Waals surface area contributed by atoms with Crippen LogP contribution in [0, 0.1) is 0 Å². The van der Waals surface area contributed by atoms with Crippen LogP contribution in [-0.2, 0) is 11.3 Å². The third kappa shape index (κ3) is 3.49. The highest BCUT2D eigenvalue weighted by Crippen LogP contribution is 2.23. The van der Waals surface area contributed by atoms with Gasteiger partial charge in [-0.3, -0.25) is 9.69 Å². The molecule has 0 radical (unpaired) electrons. The number of para-hydroxylation sites is 1. The van der Waals surface area contributed by atoms with Crippen LogP contribution in [0.1, 0.15) is 19.5 Å². The van der Waals surface area contributed by atoms with Crippen LogP contribution < -0.4 is 10.2 Å². The molecule has 0 unspecified atom stereocenters. The molecule has 1 amide bonds. The summed E-state index contributed by atoms with van der Waals surface area (Å²) in [6.45, 7) is 4.69. The second-order valence-corrected chi connectivity index (χ2v) is 5.46. The lowest BCUT2D eigenvalue weighted by Gasteiger charge is -2.14. The van der Waals surface area contributed by atoms with E-state index in [4.69, 9.17) is 11.6 Å². The number of benzene rings is 1. The van der Waals surface area contributed by atoms with E-state index in [1.54, 1.807) is 11.8 Å². The molecule has 0 saturated heterocycles. The fourth-order valence-corrected chi connectivity index (χ4v) is 2.92. The van der Waals surface area contributed by atoms with E-state index in [0.717, 1.165) is 16.5 Å². The molecule has 0 atom stereocenters. The molecular weight excluding hydrogens is 294 g/mol. The smallest absolute Gasteiger partial charge is 0.225 e. The second kappa shape index (κ2) is 6.72. The molecule has 1 aromatic heterocycles. The summed E-state index contributed by atoms with van der Waals surface area (Å²) < 4.78 is 0. The fourth-order valence-electron chi connectivity index (χ4n) is 1.78. The molecule has 1 N–H and O–H groups in total. The largest absolute Gasteiger partial charge is 0.378 e. The summed E-state index contributed by atoms with van der Waals surface area (Å²) in [5.74, 6) is 0.00691. The molecule has 106 valence electrons. The minimum absolute atomic E-state index is 0.00691. The van der Waals surface area contributed by atoms with E-state index in [2.05, 4.69) is 10.3 Å². The number of hydrogen-bond acceptors (Lipinski definition) is 4. The Balaban J connectivity index is 2.03. The number of nitrogens with one attached hydrogen (secondary N) is 1. The van der Waals surface area contributed by atoms with Gasteiger partial charge in [-0.05, 0) is 19.1 Å². The van der Waals surface area contributed by atoms with Gasteiger partial charge in [0.25, 0.3) is 0 Å². The van der Waals surface area contributed by atoms with E-state index >= 15 is 0 Å². The SMILES string of the molecule is CCN(C(C)=O)c1nc(CNc2ccccc2Cl)cs1. The van der Waals surface area contributed by atoms with Gasteiger partial charge >= 0.3 is 0 Å². The van der Waals surface area contributed by atoms with Crippen molar-refractivity contribution in [3.63, 3.8) is 0 Å². The molecule has 0 bridgehead atoms. The van der Waals surface area contributed by atoms with E-state index in [1.807, 2.05) is 36.6 Å². The minimum atomic E-state index is 0.00691. The zero-order valence-corrected chi connectivity index (χ0v) is 13.0. The standard InChI is InChI=1S/C14H16ClN3OS/c1-3-18(10(2)19)14-17-11(9-20-14)8-16-13-7-5-4-6-12(13)15/h4-7,9,16H,3,8H2,1-2H3. The van der Waals surface area contributed by atoms with Gasteiger partial charge in [-0.2, -0.15) is 0 Å². The highest BCUT2D eigenvalue weighted by molar-refractivity contribution is 7.14. The zero-order chi connectivity index (χ0) is 14.5. The van der Waals surface area contributed by atoms with E-state index in [1.165, 1.54) is 11.3 Å². The molecule has 2 rings (SSSR count). The molecule has 0 aliphatic heterocycles. The van der Waals surface area contributed by atoms with Crippen molar-refractivity contribution in [3.05, 3.63) is 40.4 Å². The molecule has 1 heterocycles. The first kappa shape index (κ1) is 14.8. The Morgan fingerprint density at radius 3 is 2.85 bits per heavy atom. The van der Waals surface area contributed by atoms with Crippen LogP contribution in [0.15, 0.2) is 29.6 Å². The van der Waals surface area contributed by atoms with E-state index in [9.17, 15) is 4.79 Å². The maximum Gasteiger partial charge on any atom is 0.225 e. The predicted octanol–water partition coefficient (Wildman–Crippen LogP) is 3.78. The first-order valence-electron chi connectivity index (χ1n) is 6.32. The normalized spacial score (nSPS) is 10.3. The van der Waals surface area contributed by atoms with Gasteiger partial charge in [0.2, 0.25) is 5.91 Å². The van der Waals surface area contributed by atoms with Gasteiger partial charge in [-0.25, -0.2) is 4.98 Å². The van der Waals surface area contributed by atoms with Crippen LogP contribution in [0.5, 0.6) is 0 Å². The average molecular weight is 310 g/mol. The monoisotopic (exact) mass is 309 g/mol. The number of anilines is 2. The Morgan fingerprint density at radius 2 is 2.20 bits per heavy atom. The van der Waals surface area contributed by atoms with Crippen molar-refractivity contribution in [2.45, 2.75) is 20.4 Å². The number of rotatable bonds is 5. The Bertz CT molecular complexity index is 600. The maximum absolute atomic E-state index is 11.5. The number of halogens is 1. The Labute approximate surface area is 127 Å². The Hall–Kier alpha value is -1.59. The second-order valence-electron chi connectivity index (χ2n) is 4.22. The van der Waals surface area contributed by atoms with E-state index in [0.29, 0.717) is 18.1 Å². The summed E-state index contributed by atoms with van der Waals surface area (Å²) in [5.41, 5.74) is 1.77. The van der Waals surface area contributed by atoms with Gasteiger partial charge in [-0.1, -0.05) is 23.7 Å². The van der Waals surface area contributed by atoms with Crippen LogP contribution in [0.4, 0.5) is 10.8 Å². The third-order valence-electron chi connectivity index (χ3n) is 2.80. The third-order valence-corrected chi connectivity index (χ3v) is 4.04. The van der Waals surface area contributed by atoms with Gasteiger partial charge in [-0.15, -0.1) is 11.3 Å². The van der Waals surface area contributed by atoms with Crippen molar-refractivity contribution in [3.8, 4) is 0 Å². The molecule has 0 fully saturated rings. The Kier molecular flexibility index (Phi) is 4.98. The van der Waals surface area contributed by atoms with Crippen LogP contribution >= 0.6 is 22.9 Å². The molecule has 2 aromatic rings. The highest BCUT2D eigenvalue weighted by atomic mass is 35.5. The molecule has 0 aliphatic rings. The van der Waals surface area contributed by atoms with Crippen LogP contribution in [0.3, 0.4) is 0 Å². The summed E-state index contributed by atoms with van der Waals surface area (Å²) in [7, 11) is 0. The zero-order valence-electron chi connectivity index (χ0n) is 11.4. The molecule has 0 saturated carbocycles. The molecular formula is C14H16ClN3OS. The number of thiazole rings is 1. The van der Waals surface area contributed by atoms with Gasteiger partial charge < -0.3 is 5.32 Å². The quantitative estimate of drug-likeness (QED) is 0.914. The van der Waals surface area contributed by atoms with Crippen LogP contribution in [0.2, 0.25) is 5.02 Å². The first-order valence-corrected chi connectivity index (χ1v) is 7.58. The average Bonchev–Trinajstić information content (AvgIpc) is 2.87. The van der Waals surface area contributed by atoms with E-state index in [-0.39, 0.29) is 5.91 Å². The molecule has 20 heavy (non-hydrogen) atoms. The number of carbonyl (C=O) groups excluding carboxylic acids is 1. The summed E-state index contributed by atoms with van der Waals surface area (Å²) >= 11 is 7.55. The van der Waals surface area contributed by atoms with Crippen LogP contribution in [-0.4, -0.2) is 17.4 Å². The minimum Gasteiger partial charge on any atom is -0.378 e. The van der Waals surface area contributed by atoms with Crippen molar-refractivity contribution in [1.29, 1.82) is 0 Å². The van der Waals surface area contributed by atoms with Crippen LogP contribution in [0.25, 0.3) is 0 Å². The molecule has 1 aromatic carbocycles. The summed E-state index contributed by atoms with van der Waals surface area (Å²) in [5, 5.41) is 6.60. The number of hydrogen-bond donors (Lipinski definition) is 1. The molecule has 0 aliphatic carbocycles. The van der Waals surface area contributed by atoms with Crippen molar-refractivity contribution < 1.29 is 4.79 Å². The van der Waals surface area contributed by atoms with Crippen molar-refractivity contribution in [2.24, 2.45) is 0 Å². The maximum atomic E-state index is 11.5. The van der Waals surface area contributed by atoms with Gasteiger partial charge in [0.1, 0.15) is 0 Å². The first-order chi connectivity index (χ1) is 9.61. The lowest BCUT2D eigenvalue weighted by atomic mass is 10.3. The van der Waals surface area contributed by atoms with E-state index < -0.39 is 0 Å². The fraction of sp³-hybridized carbons (Fsp3) is 0.286. The summed E-state index contributed by atoms with van der Waals surface area (Å²) in [4.78, 5) is 17.6. The number of nitrogens with zero attached hydrogens (tertiary/aromatic N) is 2. The number of amides is 1. The molecule has 0 spiro atoms.